The van der Waals surface area contributed by atoms with Gasteiger partial charge in [0, 0.05) is 0 Å². The van der Waals surface area contributed by atoms with Crippen molar-refractivity contribution in [1.82, 2.24) is 0 Å². The van der Waals surface area contributed by atoms with Crippen LogP contribution in [0.15, 0.2) is 0 Å². The smallest absolute Gasteiger partial charge is 0.430 e. The number of rotatable bonds is 3. The van der Waals surface area contributed by atoms with E-state index < -0.39 is 6.16 Å². The molecule has 1 rings (SSSR count). The molecule has 0 bridgehead atoms. The lowest BCUT2D eigenvalue weighted by atomic mass is 10.4. The fourth-order valence-electron chi connectivity index (χ4n) is 0.624. The molecule has 0 saturated carbocycles. The first kappa shape index (κ1) is 7.83. The molecule has 0 aromatic heterocycles. The third-order valence-corrected chi connectivity index (χ3v) is 1.52. The van der Waals surface area contributed by atoms with E-state index in [9.17, 15) is 4.79 Å². The monoisotopic (exact) mass is 162 g/mol. The summed E-state index contributed by atoms with van der Waals surface area (Å²) in [7, 11) is 2.34. The first-order chi connectivity index (χ1) is 4.83. The second-order valence-electron chi connectivity index (χ2n) is 1.82. The third kappa shape index (κ3) is 2.16. The van der Waals surface area contributed by atoms with Crippen LogP contribution in [0.3, 0.4) is 0 Å². The van der Waals surface area contributed by atoms with Gasteiger partial charge < -0.3 is 14.0 Å². The Morgan fingerprint density at radius 2 is 2.70 bits per heavy atom. The molecule has 6 heteroatoms. The zero-order valence-electron chi connectivity index (χ0n) is 5.62. The van der Waals surface area contributed by atoms with Crippen LogP contribution in [-0.2, 0) is 14.0 Å². The number of hydrogen-bond acceptors (Lipinski definition) is 4. The minimum absolute atomic E-state index is 0.194. The van der Waals surface area contributed by atoms with Crippen molar-refractivity contribution in [2.24, 2.45) is 0 Å². The van der Waals surface area contributed by atoms with Gasteiger partial charge in [-0.3, -0.25) is 0 Å². The van der Waals surface area contributed by atoms with Gasteiger partial charge in [0.15, 0.2) is 13.7 Å². The molecule has 0 aromatic carbocycles. The van der Waals surface area contributed by atoms with Crippen molar-refractivity contribution < 1.29 is 18.8 Å². The Morgan fingerprint density at radius 1 is 1.90 bits per heavy atom. The fourth-order valence-corrected chi connectivity index (χ4v) is 0.976. The van der Waals surface area contributed by atoms with E-state index in [-0.39, 0.29) is 6.10 Å². The zero-order chi connectivity index (χ0) is 7.40. The summed E-state index contributed by atoms with van der Waals surface area (Å²) in [4.78, 5) is 10.3. The summed E-state index contributed by atoms with van der Waals surface area (Å²) in [6.07, 6.45) is -0.784. The predicted octanol–water partition coefficient (Wildman–Crippen LogP) is -0.320. The summed E-state index contributed by atoms with van der Waals surface area (Å²) in [5, 5.41) is 0. The van der Waals surface area contributed by atoms with E-state index in [4.69, 9.17) is 4.52 Å². The average molecular weight is 162 g/mol. The Balaban J connectivity index is 2.12. The molecule has 0 aromatic rings. The van der Waals surface area contributed by atoms with Crippen LogP contribution >= 0.6 is 8.69 Å². The van der Waals surface area contributed by atoms with Gasteiger partial charge in [-0.05, 0) is 8.69 Å². The van der Waals surface area contributed by atoms with Gasteiger partial charge >= 0.3 is 6.16 Å². The van der Waals surface area contributed by atoms with Crippen molar-refractivity contribution in [1.29, 1.82) is 0 Å². The van der Waals surface area contributed by atoms with Gasteiger partial charge in [0.1, 0.15) is 6.61 Å². The molecule has 1 aliphatic heterocycles. The van der Waals surface area contributed by atoms with E-state index in [1.54, 1.807) is 0 Å². The highest BCUT2D eigenvalue weighted by molar-refractivity contribution is 7.62. The molecular weight excluding hydrogens is 154 g/mol. The molecular formula is C4H8BO4P. The molecule has 10 heavy (non-hydrogen) atoms. The first-order valence-corrected chi connectivity index (χ1v) is 4.35. The maximum absolute atomic E-state index is 10.3. The maximum atomic E-state index is 10.3. The molecule has 0 spiro atoms. The molecule has 1 heterocycles. The Bertz CT molecular complexity index is 130. The van der Waals surface area contributed by atoms with Gasteiger partial charge in [0.05, 0.1) is 6.61 Å². The fraction of sp³-hybridized carbons (Fsp3) is 0.750. The van der Waals surface area contributed by atoms with Crippen LogP contribution in [0.1, 0.15) is 0 Å². The number of cyclic esters (lactones) is 2. The summed E-state index contributed by atoms with van der Waals surface area (Å²) in [5.41, 5.74) is 0. The van der Waals surface area contributed by atoms with E-state index in [0.717, 1.165) is 0 Å². The van der Waals surface area contributed by atoms with Crippen molar-refractivity contribution in [3.63, 3.8) is 0 Å². The minimum Gasteiger partial charge on any atom is -0.430 e. The van der Waals surface area contributed by atoms with Crippen LogP contribution in [0.2, 0.25) is 0 Å². The van der Waals surface area contributed by atoms with Gasteiger partial charge in [0.25, 0.3) is 0 Å². The molecule has 56 valence electrons. The molecule has 0 aliphatic carbocycles. The van der Waals surface area contributed by atoms with Crippen molar-refractivity contribution >= 4 is 22.4 Å². The number of carbonyl (C=O) groups excluding carboxylic acids is 1. The predicted molar refractivity (Wildman–Crippen MR) is 39.0 cm³/mol. The van der Waals surface area contributed by atoms with Crippen LogP contribution in [-0.4, -0.2) is 33.0 Å². The first-order valence-electron chi connectivity index (χ1n) is 2.95. The highest BCUT2D eigenvalue weighted by Crippen LogP contribution is 2.10. The number of hydrogen-bond donors (Lipinski definition) is 0. The Hall–Kier alpha value is -0.275. The van der Waals surface area contributed by atoms with Crippen LogP contribution in [0.25, 0.3) is 0 Å². The summed E-state index contributed by atoms with van der Waals surface area (Å²) in [6, 6.07) is 0. The van der Waals surface area contributed by atoms with Crippen molar-refractivity contribution in [2.75, 3.05) is 13.2 Å². The number of ether oxygens (including phenoxy) is 2. The Morgan fingerprint density at radius 3 is 3.20 bits per heavy atom. The lowest BCUT2D eigenvalue weighted by Crippen LogP contribution is -2.15. The second kappa shape index (κ2) is 3.79. The van der Waals surface area contributed by atoms with E-state index in [0.29, 0.717) is 21.9 Å². The van der Waals surface area contributed by atoms with Crippen molar-refractivity contribution in [3.8, 4) is 0 Å². The molecule has 1 saturated heterocycles. The highest BCUT2D eigenvalue weighted by Gasteiger charge is 2.24. The summed E-state index contributed by atoms with van der Waals surface area (Å²) in [5.74, 6) is 0. The largest absolute Gasteiger partial charge is 0.508 e. The molecule has 2 unspecified atom stereocenters. The van der Waals surface area contributed by atoms with E-state index in [1.807, 2.05) is 7.57 Å². The van der Waals surface area contributed by atoms with E-state index in [2.05, 4.69) is 9.47 Å². The topological polar surface area (TPSA) is 44.8 Å². The molecule has 1 aliphatic rings. The van der Waals surface area contributed by atoms with Crippen molar-refractivity contribution in [2.45, 2.75) is 6.10 Å². The van der Waals surface area contributed by atoms with Gasteiger partial charge in [-0.15, -0.1) is 0 Å². The standard InChI is InChI=1S/C4H8BO4P/c5-10-8-2-3-1-7-4(6)9-3/h3,10H,1-2,5H2. The zero-order valence-corrected chi connectivity index (χ0v) is 6.62. The van der Waals surface area contributed by atoms with Crippen molar-refractivity contribution in [3.05, 3.63) is 0 Å². The molecule has 0 amide bonds. The molecule has 2 atom stereocenters. The molecule has 0 N–H and O–H groups in total. The summed E-state index contributed by atoms with van der Waals surface area (Å²) < 4.78 is 14.2. The normalized spacial score (nSPS) is 25.2. The second-order valence-corrected chi connectivity index (χ2v) is 2.51. The Kier molecular flexibility index (Phi) is 2.96. The lowest BCUT2D eigenvalue weighted by molar-refractivity contribution is 0.103. The SMILES string of the molecule is BPOCC1COC(=O)O1. The summed E-state index contributed by atoms with van der Waals surface area (Å²) in [6.45, 7) is 0.768. The van der Waals surface area contributed by atoms with E-state index >= 15 is 0 Å². The van der Waals surface area contributed by atoms with Crippen LogP contribution < -0.4 is 0 Å². The van der Waals surface area contributed by atoms with Gasteiger partial charge in [0.2, 0.25) is 0 Å². The molecule has 1 fully saturated rings. The van der Waals surface area contributed by atoms with Gasteiger partial charge in [-0.2, -0.15) is 0 Å². The van der Waals surface area contributed by atoms with Gasteiger partial charge in [-0.1, -0.05) is 0 Å². The quantitative estimate of drug-likeness (QED) is 0.324. The summed E-state index contributed by atoms with van der Waals surface area (Å²) >= 11 is 0. The van der Waals surface area contributed by atoms with Crippen LogP contribution in [0.5, 0.6) is 0 Å². The van der Waals surface area contributed by atoms with Crippen LogP contribution in [0.4, 0.5) is 4.79 Å². The van der Waals surface area contributed by atoms with E-state index in [1.165, 1.54) is 0 Å². The lowest BCUT2D eigenvalue weighted by Gasteiger charge is -2.04. The molecule has 4 nitrogen and oxygen atoms in total. The minimum atomic E-state index is -0.590. The number of carbonyl (C=O) groups is 1. The third-order valence-electron chi connectivity index (χ3n) is 1.06. The maximum Gasteiger partial charge on any atom is 0.508 e. The highest BCUT2D eigenvalue weighted by atomic mass is 31.1. The molecule has 0 radical (unpaired) electrons. The van der Waals surface area contributed by atoms with Crippen LogP contribution in [0, 0.1) is 0 Å². The van der Waals surface area contributed by atoms with Gasteiger partial charge in [-0.25, -0.2) is 4.79 Å². The Labute approximate surface area is 61.4 Å². The average Bonchev–Trinajstić information content (AvgIpc) is 2.31.